The number of piperazine rings is 1. The van der Waals surface area contributed by atoms with E-state index in [0.29, 0.717) is 24.6 Å². The van der Waals surface area contributed by atoms with Crippen molar-refractivity contribution in [3.05, 3.63) is 23.8 Å². The maximum absolute atomic E-state index is 12.6. The molecular weight excluding hydrogens is 307 g/mol. The fraction of sp³-hybridized carbons (Fsp3) is 0.625. The highest BCUT2D eigenvalue weighted by atomic mass is 19.4. The Hall–Kier alpha value is -1.47. The van der Waals surface area contributed by atoms with E-state index in [0.717, 1.165) is 31.1 Å². The summed E-state index contributed by atoms with van der Waals surface area (Å²) in [6, 6.07) is 6.12. The van der Waals surface area contributed by atoms with Crippen LogP contribution in [0.3, 0.4) is 0 Å². The molecule has 0 bridgehead atoms. The monoisotopic (exact) mass is 329 g/mol. The van der Waals surface area contributed by atoms with E-state index in [-0.39, 0.29) is 13.1 Å². The van der Waals surface area contributed by atoms with Crippen LogP contribution in [0.1, 0.15) is 5.56 Å². The van der Waals surface area contributed by atoms with Gasteiger partial charge in [-0.2, -0.15) is 13.2 Å². The van der Waals surface area contributed by atoms with Crippen molar-refractivity contribution in [1.29, 1.82) is 0 Å². The third-order valence-corrected chi connectivity index (χ3v) is 4.49. The second kappa shape index (κ2) is 6.57. The molecule has 0 aromatic heterocycles. The summed E-state index contributed by atoms with van der Waals surface area (Å²) < 4.78 is 43.6. The van der Waals surface area contributed by atoms with E-state index in [1.807, 2.05) is 19.1 Å². The Labute approximate surface area is 134 Å². The average molecular weight is 329 g/mol. The van der Waals surface area contributed by atoms with Crippen LogP contribution in [-0.2, 0) is 0 Å². The highest BCUT2D eigenvalue weighted by Gasteiger charge is 2.38. The molecule has 23 heavy (non-hydrogen) atoms. The van der Waals surface area contributed by atoms with Gasteiger partial charge < -0.3 is 9.64 Å². The van der Waals surface area contributed by atoms with Gasteiger partial charge in [-0.3, -0.25) is 4.90 Å². The molecule has 0 saturated carbocycles. The highest BCUT2D eigenvalue weighted by molar-refractivity contribution is 5.61. The van der Waals surface area contributed by atoms with Gasteiger partial charge >= 0.3 is 6.30 Å². The van der Waals surface area contributed by atoms with Gasteiger partial charge in [0.05, 0.1) is 12.2 Å². The molecule has 2 aliphatic heterocycles. The Kier molecular flexibility index (Phi) is 4.68. The molecule has 0 spiro atoms. The van der Waals surface area contributed by atoms with Gasteiger partial charge in [-0.1, -0.05) is 6.07 Å². The molecule has 128 valence electrons. The smallest absolute Gasteiger partial charge is 0.460 e. The number of alkyl halides is 3. The Morgan fingerprint density at radius 2 is 1.78 bits per heavy atom. The molecule has 0 atom stereocenters. The summed E-state index contributed by atoms with van der Waals surface area (Å²) >= 11 is 0. The van der Waals surface area contributed by atoms with Crippen molar-refractivity contribution in [3.8, 4) is 5.75 Å². The van der Waals surface area contributed by atoms with Crippen molar-refractivity contribution in [3.63, 3.8) is 0 Å². The molecule has 0 amide bonds. The molecule has 1 saturated heterocycles. The maximum Gasteiger partial charge on any atom is 0.460 e. The molecule has 2 heterocycles. The molecule has 2 aliphatic rings. The molecular formula is C16H22F3N3O. The lowest BCUT2D eigenvalue weighted by molar-refractivity contribution is -0.252. The number of halogens is 3. The molecule has 7 heteroatoms. The van der Waals surface area contributed by atoms with Gasteiger partial charge in [0.2, 0.25) is 0 Å². The summed E-state index contributed by atoms with van der Waals surface area (Å²) in [5.74, 6) is 0.892. The van der Waals surface area contributed by atoms with Crippen molar-refractivity contribution in [2.24, 2.45) is 0 Å². The maximum atomic E-state index is 12.6. The Bertz CT molecular complexity index is 542. The summed E-state index contributed by atoms with van der Waals surface area (Å²) in [6.07, 6.45) is -4.20. The third kappa shape index (κ3) is 3.90. The minimum atomic E-state index is -4.20. The molecule has 0 N–H and O–H groups in total. The van der Waals surface area contributed by atoms with E-state index < -0.39 is 6.30 Å². The van der Waals surface area contributed by atoms with Crippen molar-refractivity contribution < 1.29 is 17.9 Å². The summed E-state index contributed by atoms with van der Waals surface area (Å²) in [5.41, 5.74) is 2.27. The van der Waals surface area contributed by atoms with Gasteiger partial charge in [0.15, 0.2) is 0 Å². The number of fused-ring (bicyclic) bond motifs is 1. The van der Waals surface area contributed by atoms with Gasteiger partial charge in [-0.25, -0.2) is 4.90 Å². The first-order valence-electron chi connectivity index (χ1n) is 7.96. The highest BCUT2D eigenvalue weighted by Crippen LogP contribution is 2.32. The Balaban J connectivity index is 1.54. The predicted octanol–water partition coefficient (Wildman–Crippen LogP) is 2.33. The van der Waals surface area contributed by atoms with Crippen LogP contribution in [-0.4, -0.2) is 68.5 Å². The lowest BCUT2D eigenvalue weighted by atomic mass is 10.1. The summed E-state index contributed by atoms with van der Waals surface area (Å²) in [4.78, 5) is 4.96. The standard InChI is InChI=1S/C16H22F3N3O/c1-13-2-3-15-14(12-13)21(10-11-23-15)7-4-20-5-8-22(9-6-20)16(17,18)19/h2-3,12H,4-11H2,1H3. The number of aryl methyl sites for hydroxylation is 1. The quantitative estimate of drug-likeness (QED) is 0.792. The van der Waals surface area contributed by atoms with Gasteiger partial charge in [0.25, 0.3) is 0 Å². The van der Waals surface area contributed by atoms with Crippen molar-refractivity contribution in [2.75, 3.05) is 57.3 Å². The van der Waals surface area contributed by atoms with E-state index in [2.05, 4.69) is 15.9 Å². The molecule has 1 aromatic rings. The Morgan fingerprint density at radius 3 is 2.48 bits per heavy atom. The SMILES string of the molecule is Cc1ccc2c(c1)N(CCN1CCN(C(F)(F)F)CC1)CCO2. The number of nitrogens with zero attached hydrogens (tertiary/aromatic N) is 3. The van der Waals surface area contributed by atoms with E-state index >= 15 is 0 Å². The molecule has 0 aliphatic carbocycles. The summed E-state index contributed by atoms with van der Waals surface area (Å²) in [7, 11) is 0. The summed E-state index contributed by atoms with van der Waals surface area (Å²) in [6.45, 7) is 6.14. The van der Waals surface area contributed by atoms with E-state index in [9.17, 15) is 13.2 Å². The minimum Gasteiger partial charge on any atom is -0.490 e. The number of benzene rings is 1. The second-order valence-electron chi connectivity index (χ2n) is 6.10. The lowest BCUT2D eigenvalue weighted by Crippen LogP contribution is -2.53. The first-order chi connectivity index (χ1) is 10.9. The van der Waals surface area contributed by atoms with Gasteiger partial charge in [-0.15, -0.1) is 0 Å². The second-order valence-corrected chi connectivity index (χ2v) is 6.10. The van der Waals surface area contributed by atoms with Gasteiger partial charge in [-0.05, 0) is 24.6 Å². The van der Waals surface area contributed by atoms with Crippen molar-refractivity contribution in [1.82, 2.24) is 9.80 Å². The molecule has 0 radical (unpaired) electrons. The van der Waals surface area contributed by atoms with Crippen LogP contribution in [0, 0.1) is 6.92 Å². The van der Waals surface area contributed by atoms with E-state index in [1.165, 1.54) is 5.56 Å². The number of rotatable bonds is 3. The first-order valence-corrected chi connectivity index (χ1v) is 7.96. The van der Waals surface area contributed by atoms with Crippen LogP contribution in [0.15, 0.2) is 18.2 Å². The summed E-state index contributed by atoms with van der Waals surface area (Å²) in [5, 5.41) is 0. The first kappa shape index (κ1) is 16.4. The van der Waals surface area contributed by atoms with Crippen LogP contribution in [0.4, 0.5) is 18.9 Å². The van der Waals surface area contributed by atoms with Gasteiger partial charge in [0.1, 0.15) is 12.4 Å². The zero-order valence-corrected chi connectivity index (χ0v) is 13.3. The van der Waals surface area contributed by atoms with Crippen molar-refractivity contribution >= 4 is 5.69 Å². The number of hydrogen-bond acceptors (Lipinski definition) is 4. The number of hydrogen-bond donors (Lipinski definition) is 0. The number of anilines is 1. The fourth-order valence-corrected chi connectivity index (χ4v) is 3.10. The molecule has 1 fully saturated rings. The third-order valence-electron chi connectivity index (χ3n) is 4.49. The normalized spacial score (nSPS) is 20.3. The predicted molar refractivity (Wildman–Crippen MR) is 83.0 cm³/mol. The minimum absolute atomic E-state index is 0.0578. The molecule has 3 rings (SSSR count). The van der Waals surface area contributed by atoms with Crippen LogP contribution in [0.25, 0.3) is 0 Å². The lowest BCUT2D eigenvalue weighted by Gasteiger charge is -2.37. The van der Waals surface area contributed by atoms with E-state index in [4.69, 9.17) is 4.74 Å². The van der Waals surface area contributed by atoms with Gasteiger partial charge in [0, 0.05) is 39.3 Å². The molecule has 4 nitrogen and oxygen atoms in total. The van der Waals surface area contributed by atoms with Crippen molar-refractivity contribution in [2.45, 2.75) is 13.2 Å². The average Bonchev–Trinajstić information content (AvgIpc) is 2.52. The molecule has 0 unspecified atom stereocenters. The van der Waals surface area contributed by atoms with Crippen LogP contribution >= 0.6 is 0 Å². The fourth-order valence-electron chi connectivity index (χ4n) is 3.10. The topological polar surface area (TPSA) is 19.0 Å². The Morgan fingerprint density at radius 1 is 1.04 bits per heavy atom. The zero-order valence-electron chi connectivity index (χ0n) is 13.3. The van der Waals surface area contributed by atoms with Crippen LogP contribution in [0.2, 0.25) is 0 Å². The zero-order chi connectivity index (χ0) is 16.4. The number of ether oxygens (including phenoxy) is 1. The van der Waals surface area contributed by atoms with E-state index in [1.54, 1.807) is 0 Å². The van der Waals surface area contributed by atoms with Crippen LogP contribution < -0.4 is 9.64 Å². The largest absolute Gasteiger partial charge is 0.490 e. The van der Waals surface area contributed by atoms with Crippen LogP contribution in [0.5, 0.6) is 5.75 Å². The molecule has 1 aromatic carbocycles.